The van der Waals surface area contributed by atoms with Crippen molar-refractivity contribution in [3.63, 3.8) is 0 Å². The molecule has 0 aromatic heterocycles. The second kappa shape index (κ2) is 1.40. The molecule has 3 nitrogen and oxygen atoms in total. The number of carboxylic acid groups (broad SMARTS) is 1. The lowest BCUT2D eigenvalue weighted by Gasteiger charge is -2.11. The van der Waals surface area contributed by atoms with E-state index in [0.29, 0.717) is 0 Å². The maximum absolute atomic E-state index is 10.3. The smallest absolute Gasteiger partial charge is 0.407 e. The van der Waals surface area contributed by atoms with Crippen LogP contribution in [0.2, 0.25) is 0 Å². The van der Waals surface area contributed by atoms with E-state index in [2.05, 4.69) is 0 Å². The molecule has 3 heteroatoms. The first-order chi connectivity index (χ1) is 4.27. The fourth-order valence-corrected chi connectivity index (χ4v) is 1.55. The van der Waals surface area contributed by atoms with E-state index in [0.717, 1.165) is 24.9 Å². The summed E-state index contributed by atoms with van der Waals surface area (Å²) in [6, 6.07) is 0. The summed E-state index contributed by atoms with van der Waals surface area (Å²) in [5.74, 6) is 1.45. The van der Waals surface area contributed by atoms with Gasteiger partial charge in [0.2, 0.25) is 0 Å². The predicted molar refractivity (Wildman–Crippen MR) is 31.2 cm³/mol. The van der Waals surface area contributed by atoms with Crippen LogP contribution in [0.4, 0.5) is 4.79 Å². The molecule has 1 saturated carbocycles. The SMILES string of the molecule is O=C(O)N1C[C@H]2C[C@H]2C1. The number of rotatable bonds is 0. The fraction of sp³-hybridized carbons (Fsp3) is 0.833. The van der Waals surface area contributed by atoms with E-state index in [9.17, 15) is 4.79 Å². The minimum atomic E-state index is -0.748. The average Bonchev–Trinajstić information content (AvgIpc) is 2.40. The number of hydrogen-bond acceptors (Lipinski definition) is 1. The molecular weight excluding hydrogens is 118 g/mol. The van der Waals surface area contributed by atoms with Crippen molar-refractivity contribution in [2.45, 2.75) is 6.42 Å². The molecule has 1 aliphatic carbocycles. The predicted octanol–water partition coefficient (Wildman–Crippen LogP) is 0.616. The third-order valence-electron chi connectivity index (χ3n) is 2.25. The van der Waals surface area contributed by atoms with E-state index < -0.39 is 6.09 Å². The molecule has 9 heavy (non-hydrogen) atoms. The number of hydrogen-bond donors (Lipinski definition) is 1. The molecule has 1 saturated heterocycles. The summed E-state index contributed by atoms with van der Waals surface area (Å²) >= 11 is 0. The number of piperidine rings is 1. The maximum atomic E-state index is 10.3. The van der Waals surface area contributed by atoms with Crippen LogP contribution in [-0.2, 0) is 0 Å². The summed E-state index contributed by atoms with van der Waals surface area (Å²) < 4.78 is 0. The lowest BCUT2D eigenvalue weighted by molar-refractivity contribution is 0.151. The molecule has 0 spiro atoms. The van der Waals surface area contributed by atoms with Gasteiger partial charge in [-0.2, -0.15) is 0 Å². The quantitative estimate of drug-likeness (QED) is 0.518. The number of fused-ring (bicyclic) bond motifs is 1. The van der Waals surface area contributed by atoms with E-state index in [4.69, 9.17) is 5.11 Å². The van der Waals surface area contributed by atoms with Crippen molar-refractivity contribution in [2.24, 2.45) is 11.8 Å². The zero-order valence-electron chi connectivity index (χ0n) is 5.08. The van der Waals surface area contributed by atoms with Crippen molar-refractivity contribution in [3.05, 3.63) is 0 Å². The molecule has 0 bridgehead atoms. The second-order valence-electron chi connectivity index (χ2n) is 2.94. The summed E-state index contributed by atoms with van der Waals surface area (Å²) in [6.45, 7) is 1.58. The molecule has 0 unspecified atom stereocenters. The van der Waals surface area contributed by atoms with Crippen molar-refractivity contribution < 1.29 is 9.90 Å². The van der Waals surface area contributed by atoms with E-state index in [1.807, 2.05) is 0 Å². The van der Waals surface area contributed by atoms with Gasteiger partial charge in [-0.05, 0) is 18.3 Å². The molecule has 2 fully saturated rings. The summed E-state index contributed by atoms with van der Waals surface area (Å²) in [4.78, 5) is 11.8. The van der Waals surface area contributed by atoms with Crippen molar-refractivity contribution >= 4 is 6.09 Å². The van der Waals surface area contributed by atoms with Gasteiger partial charge in [0, 0.05) is 13.1 Å². The monoisotopic (exact) mass is 127 g/mol. The van der Waals surface area contributed by atoms with Gasteiger partial charge in [0.05, 0.1) is 0 Å². The molecule has 1 heterocycles. The van der Waals surface area contributed by atoms with Crippen LogP contribution in [0.15, 0.2) is 0 Å². The van der Waals surface area contributed by atoms with Crippen LogP contribution in [0.25, 0.3) is 0 Å². The molecule has 0 radical (unpaired) electrons. The highest BCUT2D eigenvalue weighted by atomic mass is 16.4. The summed E-state index contributed by atoms with van der Waals surface area (Å²) in [7, 11) is 0. The third-order valence-corrected chi connectivity index (χ3v) is 2.25. The van der Waals surface area contributed by atoms with E-state index in [-0.39, 0.29) is 0 Å². The molecule has 0 aromatic rings. The zero-order chi connectivity index (χ0) is 6.43. The Balaban J connectivity index is 1.97. The standard InChI is InChI=1S/C6H9NO2/c8-6(9)7-2-4-1-5(4)3-7/h4-5H,1-3H2,(H,8,9)/t4-,5+. The minimum Gasteiger partial charge on any atom is -0.465 e. The van der Waals surface area contributed by atoms with E-state index >= 15 is 0 Å². The summed E-state index contributed by atoms with van der Waals surface area (Å²) in [5, 5.41) is 8.48. The van der Waals surface area contributed by atoms with Crippen LogP contribution < -0.4 is 0 Å². The Morgan fingerprint density at radius 2 is 2.00 bits per heavy atom. The molecule has 2 rings (SSSR count). The van der Waals surface area contributed by atoms with Gasteiger partial charge in [-0.3, -0.25) is 0 Å². The largest absolute Gasteiger partial charge is 0.465 e. The van der Waals surface area contributed by atoms with Crippen LogP contribution in [0, 0.1) is 11.8 Å². The average molecular weight is 127 g/mol. The minimum absolute atomic E-state index is 0.723. The molecule has 1 aliphatic heterocycles. The van der Waals surface area contributed by atoms with Crippen molar-refractivity contribution in [3.8, 4) is 0 Å². The molecule has 0 aromatic carbocycles. The van der Waals surface area contributed by atoms with Crippen LogP contribution in [0.5, 0.6) is 0 Å². The summed E-state index contributed by atoms with van der Waals surface area (Å²) in [5.41, 5.74) is 0. The van der Waals surface area contributed by atoms with Gasteiger partial charge in [-0.1, -0.05) is 0 Å². The Bertz CT molecular complexity index is 147. The number of likely N-dealkylation sites (tertiary alicyclic amines) is 1. The van der Waals surface area contributed by atoms with Gasteiger partial charge >= 0.3 is 6.09 Å². The molecule has 2 atom stereocenters. The highest BCUT2D eigenvalue weighted by Crippen LogP contribution is 2.44. The molecule has 1 N–H and O–H groups in total. The number of nitrogens with zero attached hydrogens (tertiary/aromatic N) is 1. The molecule has 50 valence electrons. The topological polar surface area (TPSA) is 40.5 Å². The first-order valence-electron chi connectivity index (χ1n) is 3.25. The van der Waals surface area contributed by atoms with Gasteiger partial charge in [0.1, 0.15) is 0 Å². The van der Waals surface area contributed by atoms with Crippen molar-refractivity contribution in [1.29, 1.82) is 0 Å². The van der Waals surface area contributed by atoms with Crippen LogP contribution in [0.1, 0.15) is 6.42 Å². The Hall–Kier alpha value is -0.730. The van der Waals surface area contributed by atoms with Crippen LogP contribution >= 0.6 is 0 Å². The molecule has 1 amide bonds. The molecule has 2 aliphatic rings. The van der Waals surface area contributed by atoms with Gasteiger partial charge < -0.3 is 10.0 Å². The van der Waals surface area contributed by atoms with E-state index in [1.165, 1.54) is 11.3 Å². The first kappa shape index (κ1) is 5.09. The van der Waals surface area contributed by atoms with Gasteiger partial charge in [-0.15, -0.1) is 0 Å². The third kappa shape index (κ3) is 0.677. The van der Waals surface area contributed by atoms with Crippen molar-refractivity contribution in [1.82, 2.24) is 4.90 Å². The lowest BCUT2D eigenvalue weighted by Crippen LogP contribution is -2.28. The Kier molecular flexibility index (Phi) is 0.793. The lowest BCUT2D eigenvalue weighted by atomic mass is 10.4. The Labute approximate surface area is 53.3 Å². The number of amides is 1. The Morgan fingerprint density at radius 1 is 1.44 bits per heavy atom. The fourth-order valence-electron chi connectivity index (χ4n) is 1.55. The Morgan fingerprint density at radius 3 is 2.33 bits per heavy atom. The van der Waals surface area contributed by atoms with Crippen LogP contribution in [0.3, 0.4) is 0 Å². The maximum Gasteiger partial charge on any atom is 0.407 e. The molecular formula is C6H9NO2. The zero-order valence-corrected chi connectivity index (χ0v) is 5.08. The second-order valence-corrected chi connectivity index (χ2v) is 2.94. The van der Waals surface area contributed by atoms with Crippen molar-refractivity contribution in [2.75, 3.05) is 13.1 Å². The number of carbonyl (C=O) groups is 1. The van der Waals surface area contributed by atoms with Gasteiger partial charge in [-0.25, -0.2) is 4.79 Å². The van der Waals surface area contributed by atoms with Crippen LogP contribution in [-0.4, -0.2) is 29.2 Å². The highest BCUT2D eigenvalue weighted by Gasteiger charge is 2.46. The summed E-state index contributed by atoms with van der Waals surface area (Å²) in [6.07, 6.45) is 0.520. The first-order valence-corrected chi connectivity index (χ1v) is 3.25. The van der Waals surface area contributed by atoms with E-state index in [1.54, 1.807) is 0 Å². The highest BCUT2D eigenvalue weighted by molar-refractivity contribution is 5.65. The van der Waals surface area contributed by atoms with Gasteiger partial charge in [0.15, 0.2) is 0 Å². The van der Waals surface area contributed by atoms with Gasteiger partial charge in [0.25, 0.3) is 0 Å². The normalized spacial score (nSPS) is 38.4.